The number of aryl methyl sites for hydroxylation is 1. The molecule has 0 atom stereocenters. The minimum Gasteiger partial charge on any atom is -0.496 e. The third-order valence-electron chi connectivity index (χ3n) is 3.51. The Labute approximate surface area is 138 Å². The summed E-state index contributed by atoms with van der Waals surface area (Å²) in [5.41, 5.74) is 2.43. The van der Waals surface area contributed by atoms with E-state index in [-0.39, 0.29) is 11.1 Å². The number of imide groups is 1. The first-order valence-corrected chi connectivity index (χ1v) is 7.89. The molecule has 1 aliphatic heterocycles. The van der Waals surface area contributed by atoms with Crippen molar-refractivity contribution in [3.8, 4) is 5.75 Å². The maximum absolute atomic E-state index is 12.6. The Hall–Kier alpha value is -2.53. The van der Waals surface area contributed by atoms with Crippen LogP contribution in [0.25, 0.3) is 6.08 Å². The van der Waals surface area contributed by atoms with Crippen molar-refractivity contribution in [3.05, 3.63) is 64.6 Å². The molecule has 0 saturated carbocycles. The average Bonchev–Trinajstić information content (AvgIpc) is 2.83. The molecule has 23 heavy (non-hydrogen) atoms. The Bertz CT molecular complexity index is 796. The van der Waals surface area contributed by atoms with Crippen molar-refractivity contribution in [2.24, 2.45) is 0 Å². The molecule has 2 aromatic rings. The van der Waals surface area contributed by atoms with Crippen LogP contribution in [0.1, 0.15) is 11.1 Å². The molecule has 1 fully saturated rings. The van der Waals surface area contributed by atoms with Crippen molar-refractivity contribution in [2.75, 3.05) is 12.0 Å². The molecule has 4 nitrogen and oxygen atoms in total. The highest BCUT2D eigenvalue weighted by atomic mass is 32.2. The van der Waals surface area contributed by atoms with Crippen molar-refractivity contribution >= 4 is 34.7 Å². The molecule has 0 bridgehead atoms. The molecule has 0 aromatic heterocycles. The number of hydrogen-bond acceptors (Lipinski definition) is 4. The summed E-state index contributed by atoms with van der Waals surface area (Å²) >= 11 is 0.938. The van der Waals surface area contributed by atoms with Crippen LogP contribution in [0.4, 0.5) is 10.5 Å². The summed E-state index contributed by atoms with van der Waals surface area (Å²) < 4.78 is 5.28. The molecule has 0 unspecified atom stereocenters. The number of hydrogen-bond donors (Lipinski definition) is 0. The fraction of sp³-hybridized carbons (Fsp3) is 0.111. The summed E-state index contributed by atoms with van der Waals surface area (Å²) in [5, 5.41) is -0.292. The number of nitrogens with zero attached hydrogens (tertiary/aromatic N) is 1. The molecule has 0 aliphatic carbocycles. The summed E-state index contributed by atoms with van der Waals surface area (Å²) in [6.07, 6.45) is 1.69. The van der Waals surface area contributed by atoms with E-state index >= 15 is 0 Å². The summed E-state index contributed by atoms with van der Waals surface area (Å²) in [6.45, 7) is 1.96. The SMILES string of the molecule is COc1ccccc1C=C1SC(=O)N(c2ccc(C)cc2)C1=O. The number of thioether (sulfide) groups is 1. The number of benzene rings is 2. The third kappa shape index (κ3) is 3.00. The fourth-order valence-electron chi connectivity index (χ4n) is 2.31. The Morgan fingerprint density at radius 1 is 1.04 bits per heavy atom. The monoisotopic (exact) mass is 325 g/mol. The molecule has 2 amide bonds. The van der Waals surface area contributed by atoms with Gasteiger partial charge in [0.15, 0.2) is 0 Å². The maximum atomic E-state index is 12.6. The Kier molecular flexibility index (Phi) is 4.21. The van der Waals surface area contributed by atoms with E-state index in [2.05, 4.69) is 0 Å². The van der Waals surface area contributed by atoms with E-state index in [1.165, 1.54) is 4.90 Å². The van der Waals surface area contributed by atoms with Crippen molar-refractivity contribution in [3.63, 3.8) is 0 Å². The Balaban J connectivity index is 1.95. The van der Waals surface area contributed by atoms with Crippen molar-refractivity contribution in [1.29, 1.82) is 0 Å². The van der Waals surface area contributed by atoms with E-state index in [0.717, 1.165) is 22.9 Å². The van der Waals surface area contributed by atoms with Gasteiger partial charge in [-0.15, -0.1) is 0 Å². The van der Waals surface area contributed by atoms with E-state index < -0.39 is 0 Å². The number of carbonyl (C=O) groups excluding carboxylic acids is 2. The number of carbonyl (C=O) groups is 2. The Morgan fingerprint density at radius 3 is 2.43 bits per heavy atom. The van der Waals surface area contributed by atoms with E-state index in [9.17, 15) is 9.59 Å². The van der Waals surface area contributed by atoms with Crippen LogP contribution in [-0.4, -0.2) is 18.3 Å². The van der Waals surface area contributed by atoms with Crippen molar-refractivity contribution < 1.29 is 14.3 Å². The van der Waals surface area contributed by atoms with Gasteiger partial charge in [0.2, 0.25) is 0 Å². The first kappa shape index (κ1) is 15.4. The van der Waals surface area contributed by atoms with Gasteiger partial charge in [-0.3, -0.25) is 9.59 Å². The van der Waals surface area contributed by atoms with Crippen LogP contribution in [0.5, 0.6) is 5.75 Å². The van der Waals surface area contributed by atoms with Crippen LogP contribution in [-0.2, 0) is 4.79 Å². The van der Waals surface area contributed by atoms with E-state index in [4.69, 9.17) is 4.74 Å². The van der Waals surface area contributed by atoms with Crippen LogP contribution in [0.15, 0.2) is 53.4 Å². The summed E-state index contributed by atoms with van der Waals surface area (Å²) in [6, 6.07) is 14.7. The summed E-state index contributed by atoms with van der Waals surface area (Å²) in [4.78, 5) is 26.4. The standard InChI is InChI=1S/C18H15NO3S/c1-12-7-9-14(10-8-12)19-17(20)16(23-18(19)21)11-13-5-3-4-6-15(13)22-2/h3-11H,1-2H3. The normalized spacial score (nSPS) is 16.3. The van der Waals surface area contributed by atoms with E-state index in [1.54, 1.807) is 25.3 Å². The largest absolute Gasteiger partial charge is 0.496 e. The zero-order chi connectivity index (χ0) is 16.4. The number of amides is 2. The van der Waals surface area contributed by atoms with Gasteiger partial charge in [0.25, 0.3) is 11.1 Å². The third-order valence-corrected chi connectivity index (χ3v) is 4.38. The highest BCUT2D eigenvalue weighted by Crippen LogP contribution is 2.36. The number of methoxy groups -OCH3 is 1. The van der Waals surface area contributed by atoms with Gasteiger partial charge in [0.05, 0.1) is 17.7 Å². The van der Waals surface area contributed by atoms with Gasteiger partial charge in [0.1, 0.15) is 5.75 Å². The van der Waals surface area contributed by atoms with Crippen LogP contribution in [0, 0.1) is 6.92 Å². The molecule has 3 rings (SSSR count). The highest BCUT2D eigenvalue weighted by Gasteiger charge is 2.36. The van der Waals surface area contributed by atoms with Gasteiger partial charge in [-0.25, -0.2) is 4.90 Å². The molecule has 5 heteroatoms. The molecule has 0 N–H and O–H groups in total. The first-order chi connectivity index (χ1) is 11.1. The van der Waals surface area contributed by atoms with Crippen LogP contribution < -0.4 is 9.64 Å². The molecule has 1 heterocycles. The summed E-state index contributed by atoms with van der Waals surface area (Å²) in [7, 11) is 1.57. The predicted octanol–water partition coefficient (Wildman–Crippen LogP) is 4.24. The maximum Gasteiger partial charge on any atom is 0.298 e. The van der Waals surface area contributed by atoms with Gasteiger partial charge in [0, 0.05) is 5.56 Å². The smallest absolute Gasteiger partial charge is 0.298 e. The van der Waals surface area contributed by atoms with Gasteiger partial charge in [-0.05, 0) is 43.0 Å². The minimum absolute atomic E-state index is 0.292. The lowest BCUT2D eigenvalue weighted by atomic mass is 10.1. The van der Waals surface area contributed by atoms with E-state index in [1.807, 2.05) is 43.3 Å². The molecule has 0 radical (unpaired) electrons. The number of para-hydroxylation sites is 1. The van der Waals surface area contributed by atoms with Crippen LogP contribution >= 0.6 is 11.8 Å². The molecule has 1 saturated heterocycles. The van der Waals surface area contributed by atoms with Gasteiger partial charge in [-0.2, -0.15) is 0 Å². The second kappa shape index (κ2) is 6.30. The Morgan fingerprint density at radius 2 is 1.74 bits per heavy atom. The van der Waals surface area contributed by atoms with Crippen LogP contribution in [0.3, 0.4) is 0 Å². The predicted molar refractivity (Wildman–Crippen MR) is 92.6 cm³/mol. The molecule has 0 spiro atoms. The zero-order valence-corrected chi connectivity index (χ0v) is 13.6. The van der Waals surface area contributed by atoms with Crippen LogP contribution in [0.2, 0.25) is 0 Å². The lowest BCUT2D eigenvalue weighted by molar-refractivity contribution is -0.113. The number of ether oxygens (including phenoxy) is 1. The van der Waals surface area contributed by atoms with Crippen molar-refractivity contribution in [1.82, 2.24) is 0 Å². The second-order valence-corrected chi connectivity index (χ2v) is 6.09. The summed E-state index contributed by atoms with van der Waals surface area (Å²) in [5.74, 6) is 0.351. The minimum atomic E-state index is -0.310. The zero-order valence-electron chi connectivity index (χ0n) is 12.8. The highest BCUT2D eigenvalue weighted by molar-refractivity contribution is 8.19. The topological polar surface area (TPSA) is 46.6 Å². The van der Waals surface area contributed by atoms with E-state index in [0.29, 0.717) is 16.3 Å². The molecular formula is C18H15NO3S. The second-order valence-electron chi connectivity index (χ2n) is 5.09. The number of rotatable bonds is 3. The first-order valence-electron chi connectivity index (χ1n) is 7.08. The van der Waals surface area contributed by atoms with Crippen molar-refractivity contribution in [2.45, 2.75) is 6.92 Å². The van der Waals surface area contributed by atoms with Gasteiger partial charge in [-0.1, -0.05) is 35.9 Å². The molecular weight excluding hydrogens is 310 g/mol. The fourth-order valence-corrected chi connectivity index (χ4v) is 3.14. The van der Waals surface area contributed by atoms with Gasteiger partial charge >= 0.3 is 0 Å². The lowest BCUT2D eigenvalue weighted by Gasteiger charge is -2.12. The number of anilines is 1. The van der Waals surface area contributed by atoms with Gasteiger partial charge < -0.3 is 4.74 Å². The molecule has 1 aliphatic rings. The quantitative estimate of drug-likeness (QED) is 0.792. The average molecular weight is 325 g/mol. The lowest BCUT2D eigenvalue weighted by Crippen LogP contribution is -2.27. The molecule has 116 valence electrons. The molecule has 2 aromatic carbocycles.